The van der Waals surface area contributed by atoms with Crippen molar-refractivity contribution >= 4 is 29.1 Å². The number of carbonyl (C=O) groups is 1. The van der Waals surface area contributed by atoms with Gasteiger partial charge in [0.1, 0.15) is 5.76 Å². The Kier molecular flexibility index (Phi) is 4.85. The average molecular weight is 406 g/mol. The second-order valence-electron chi connectivity index (χ2n) is 6.62. The van der Waals surface area contributed by atoms with E-state index < -0.39 is 0 Å². The van der Waals surface area contributed by atoms with Gasteiger partial charge in [0.2, 0.25) is 0 Å². The van der Waals surface area contributed by atoms with Crippen LogP contribution in [0.15, 0.2) is 57.7 Å². The van der Waals surface area contributed by atoms with Crippen molar-refractivity contribution in [2.24, 2.45) is 7.05 Å². The summed E-state index contributed by atoms with van der Waals surface area (Å²) in [5, 5.41) is 9.93. The molecule has 0 aliphatic carbocycles. The maximum atomic E-state index is 12.9. The first-order valence-electron chi connectivity index (χ1n) is 8.97. The standard InChI is InChI=1S/C21H18N4O3S/c1-12-17(26)14-9-6-10-15(19(14)28-18(12)13-7-4-3-5-8-13)20(27)22-11-16-23-24-21(29)25(16)2/h3-10H,11H2,1-2H3,(H,22,27)(H,24,29). The normalized spacial score (nSPS) is 11.0. The third-order valence-corrected chi connectivity index (χ3v) is 5.17. The number of H-pyrrole nitrogens is 1. The third kappa shape index (κ3) is 3.38. The van der Waals surface area contributed by atoms with Crippen molar-refractivity contribution in [3.8, 4) is 11.3 Å². The van der Waals surface area contributed by atoms with E-state index in [1.807, 2.05) is 30.3 Å². The predicted molar refractivity (Wildman–Crippen MR) is 112 cm³/mol. The van der Waals surface area contributed by atoms with Crippen molar-refractivity contribution in [3.05, 3.63) is 80.5 Å². The van der Waals surface area contributed by atoms with Crippen molar-refractivity contribution in [1.82, 2.24) is 20.1 Å². The molecular formula is C21H18N4O3S. The molecule has 0 aliphatic rings. The monoisotopic (exact) mass is 406 g/mol. The van der Waals surface area contributed by atoms with Gasteiger partial charge < -0.3 is 14.3 Å². The van der Waals surface area contributed by atoms with Gasteiger partial charge in [-0.15, -0.1) is 0 Å². The molecule has 0 atom stereocenters. The molecule has 0 fully saturated rings. The van der Waals surface area contributed by atoms with Crippen molar-refractivity contribution in [2.45, 2.75) is 13.5 Å². The van der Waals surface area contributed by atoms with E-state index in [2.05, 4.69) is 15.5 Å². The Balaban J connectivity index is 1.77. The van der Waals surface area contributed by atoms with Gasteiger partial charge >= 0.3 is 0 Å². The first-order chi connectivity index (χ1) is 14.0. The highest BCUT2D eigenvalue weighted by molar-refractivity contribution is 7.71. The van der Waals surface area contributed by atoms with Crippen molar-refractivity contribution in [1.29, 1.82) is 0 Å². The van der Waals surface area contributed by atoms with Gasteiger partial charge in [0.15, 0.2) is 21.6 Å². The molecule has 0 radical (unpaired) electrons. The average Bonchev–Trinajstić information content (AvgIpc) is 3.07. The minimum atomic E-state index is -0.365. The molecule has 2 aromatic carbocycles. The molecule has 0 unspecified atom stereocenters. The molecule has 2 heterocycles. The van der Waals surface area contributed by atoms with Crippen LogP contribution in [0.3, 0.4) is 0 Å². The number of nitrogens with one attached hydrogen (secondary N) is 2. The van der Waals surface area contributed by atoms with Crippen LogP contribution >= 0.6 is 12.2 Å². The zero-order chi connectivity index (χ0) is 20.5. The zero-order valence-electron chi connectivity index (χ0n) is 15.9. The highest BCUT2D eigenvalue weighted by Gasteiger charge is 2.18. The van der Waals surface area contributed by atoms with Gasteiger partial charge in [-0.1, -0.05) is 36.4 Å². The topological polar surface area (TPSA) is 92.9 Å². The Morgan fingerprint density at radius 1 is 1.21 bits per heavy atom. The predicted octanol–water partition coefficient (Wildman–Crippen LogP) is 3.49. The van der Waals surface area contributed by atoms with Crippen LogP contribution < -0.4 is 10.7 Å². The lowest BCUT2D eigenvalue weighted by atomic mass is 10.0. The quantitative estimate of drug-likeness (QED) is 0.506. The Morgan fingerprint density at radius 3 is 2.66 bits per heavy atom. The number of para-hydroxylation sites is 1. The molecule has 29 heavy (non-hydrogen) atoms. The van der Waals surface area contributed by atoms with Gasteiger partial charge in [0.25, 0.3) is 5.91 Å². The number of carbonyl (C=O) groups excluding carboxylic acids is 1. The van der Waals surface area contributed by atoms with Crippen LogP contribution in [-0.4, -0.2) is 20.7 Å². The molecular weight excluding hydrogens is 388 g/mol. The van der Waals surface area contributed by atoms with E-state index in [0.29, 0.717) is 27.3 Å². The summed E-state index contributed by atoms with van der Waals surface area (Å²) in [6.07, 6.45) is 0. The molecule has 0 saturated carbocycles. The van der Waals surface area contributed by atoms with Crippen LogP contribution in [-0.2, 0) is 13.6 Å². The second kappa shape index (κ2) is 7.48. The number of fused-ring (bicyclic) bond motifs is 1. The molecule has 2 aromatic heterocycles. The fraction of sp³-hybridized carbons (Fsp3) is 0.143. The van der Waals surface area contributed by atoms with Gasteiger partial charge in [-0.2, -0.15) is 5.10 Å². The molecule has 0 bridgehead atoms. The smallest absolute Gasteiger partial charge is 0.255 e. The van der Waals surface area contributed by atoms with Crippen LogP contribution in [0.25, 0.3) is 22.3 Å². The van der Waals surface area contributed by atoms with E-state index in [-0.39, 0.29) is 29.0 Å². The number of hydrogen-bond acceptors (Lipinski definition) is 5. The first-order valence-corrected chi connectivity index (χ1v) is 9.38. The largest absolute Gasteiger partial charge is 0.455 e. The van der Waals surface area contributed by atoms with Crippen molar-refractivity contribution in [2.75, 3.05) is 0 Å². The lowest BCUT2D eigenvalue weighted by Crippen LogP contribution is -2.25. The Morgan fingerprint density at radius 2 is 1.97 bits per heavy atom. The Labute approximate surface area is 171 Å². The Hall–Kier alpha value is -3.52. The molecule has 7 nitrogen and oxygen atoms in total. The maximum absolute atomic E-state index is 12.9. The molecule has 146 valence electrons. The van der Waals surface area contributed by atoms with E-state index >= 15 is 0 Å². The summed E-state index contributed by atoms with van der Waals surface area (Å²) in [6.45, 7) is 1.91. The van der Waals surface area contributed by atoms with E-state index in [9.17, 15) is 9.59 Å². The van der Waals surface area contributed by atoms with Crippen molar-refractivity contribution < 1.29 is 9.21 Å². The molecule has 4 aromatic rings. The molecule has 8 heteroatoms. The number of amides is 1. The summed E-state index contributed by atoms with van der Waals surface area (Å²) in [5.41, 5.74) is 1.67. The van der Waals surface area contributed by atoms with E-state index in [1.54, 1.807) is 36.7 Å². The van der Waals surface area contributed by atoms with Crippen LogP contribution in [0.4, 0.5) is 0 Å². The lowest BCUT2D eigenvalue weighted by molar-refractivity contribution is 0.0950. The number of benzene rings is 2. The SMILES string of the molecule is Cc1c(-c2ccccc2)oc2c(C(=O)NCc3n[nH]c(=S)n3C)cccc2c1=O. The molecule has 1 amide bonds. The number of aromatic nitrogens is 3. The third-order valence-electron chi connectivity index (χ3n) is 4.81. The fourth-order valence-electron chi connectivity index (χ4n) is 3.15. The van der Waals surface area contributed by atoms with Crippen LogP contribution in [0.1, 0.15) is 21.7 Å². The van der Waals surface area contributed by atoms with E-state index in [4.69, 9.17) is 16.6 Å². The highest BCUT2D eigenvalue weighted by atomic mass is 32.1. The highest BCUT2D eigenvalue weighted by Crippen LogP contribution is 2.27. The first kappa shape index (κ1) is 18.8. The van der Waals surface area contributed by atoms with Gasteiger partial charge in [0, 0.05) is 18.2 Å². The number of nitrogens with zero attached hydrogens (tertiary/aromatic N) is 2. The molecule has 2 N–H and O–H groups in total. The van der Waals surface area contributed by atoms with Gasteiger partial charge in [-0.25, -0.2) is 0 Å². The summed E-state index contributed by atoms with van der Waals surface area (Å²) >= 11 is 5.08. The minimum absolute atomic E-state index is 0.158. The molecule has 4 rings (SSSR count). The van der Waals surface area contributed by atoms with Crippen LogP contribution in [0.2, 0.25) is 0 Å². The van der Waals surface area contributed by atoms with Crippen LogP contribution in [0, 0.1) is 11.7 Å². The summed E-state index contributed by atoms with van der Waals surface area (Å²) in [7, 11) is 1.76. The molecule has 0 spiro atoms. The molecule has 0 saturated heterocycles. The van der Waals surface area contributed by atoms with Crippen LogP contribution in [0.5, 0.6) is 0 Å². The minimum Gasteiger partial charge on any atom is -0.455 e. The fourth-order valence-corrected chi connectivity index (χ4v) is 3.30. The van der Waals surface area contributed by atoms with Gasteiger partial charge in [0.05, 0.1) is 17.5 Å². The van der Waals surface area contributed by atoms with E-state index in [1.165, 1.54) is 0 Å². The summed E-state index contributed by atoms with van der Waals surface area (Å²) in [4.78, 5) is 25.8. The van der Waals surface area contributed by atoms with Gasteiger partial charge in [-0.05, 0) is 31.3 Å². The number of rotatable bonds is 4. The summed E-state index contributed by atoms with van der Waals surface area (Å²) in [6, 6.07) is 14.3. The molecule has 0 aliphatic heterocycles. The number of hydrogen-bond donors (Lipinski definition) is 2. The summed E-state index contributed by atoms with van der Waals surface area (Å²) < 4.78 is 8.23. The van der Waals surface area contributed by atoms with E-state index in [0.717, 1.165) is 5.56 Å². The van der Waals surface area contributed by atoms with Gasteiger partial charge in [-0.3, -0.25) is 14.7 Å². The number of aromatic amines is 1. The maximum Gasteiger partial charge on any atom is 0.255 e. The zero-order valence-corrected chi connectivity index (χ0v) is 16.7. The lowest BCUT2D eigenvalue weighted by Gasteiger charge is -2.10. The second-order valence-corrected chi connectivity index (χ2v) is 7.01. The van der Waals surface area contributed by atoms with Crippen molar-refractivity contribution in [3.63, 3.8) is 0 Å². The summed E-state index contributed by atoms with van der Waals surface area (Å²) in [5.74, 6) is 0.680. The Bertz CT molecular complexity index is 1340.